The van der Waals surface area contributed by atoms with Crippen LogP contribution in [0.25, 0.3) is 0 Å². The molecule has 0 aromatic rings. The summed E-state index contributed by atoms with van der Waals surface area (Å²) in [6.07, 6.45) is 12.6. The Morgan fingerprint density at radius 1 is 0.579 bits per heavy atom. The third-order valence-corrected chi connectivity index (χ3v) is 11.7. The van der Waals surface area contributed by atoms with Crippen LogP contribution in [0.2, 0.25) is 0 Å². The van der Waals surface area contributed by atoms with E-state index >= 15 is 0 Å². The summed E-state index contributed by atoms with van der Waals surface area (Å²) < 4.78 is -1.02. The van der Waals surface area contributed by atoms with Crippen molar-refractivity contribution >= 4 is 35.1 Å². The number of Topliss-reactive ketones (excluding diaryl/α,β-unsaturated/α-hetero) is 2. The van der Waals surface area contributed by atoms with E-state index in [1.54, 1.807) is 0 Å². The predicted octanol–water partition coefficient (Wildman–Crippen LogP) is 9.91. The van der Waals surface area contributed by atoms with Gasteiger partial charge in [0, 0.05) is 22.3 Å². The highest BCUT2D eigenvalue weighted by atomic mass is 32.2. The lowest BCUT2D eigenvalue weighted by atomic mass is 9.65. The molecule has 212 valence electrons. The van der Waals surface area contributed by atoms with Crippen LogP contribution in [0.3, 0.4) is 0 Å². The molecule has 1 saturated heterocycles. The minimum absolute atomic E-state index is 0.0608. The molecule has 0 aromatic carbocycles. The van der Waals surface area contributed by atoms with E-state index in [9.17, 15) is 9.59 Å². The fourth-order valence-electron chi connectivity index (χ4n) is 5.79. The Kier molecular flexibility index (Phi) is 7.91. The van der Waals surface area contributed by atoms with Crippen molar-refractivity contribution in [2.75, 3.05) is 0 Å². The summed E-state index contributed by atoms with van der Waals surface area (Å²) in [5.41, 5.74) is 2.41. The molecule has 1 aliphatic heterocycles. The van der Waals surface area contributed by atoms with Gasteiger partial charge in [0.2, 0.25) is 0 Å². The Hall–Kier alpha value is -1.00. The van der Waals surface area contributed by atoms with E-state index in [0.717, 1.165) is 41.6 Å². The summed E-state index contributed by atoms with van der Waals surface area (Å²) in [6.45, 7) is 30.5. The van der Waals surface area contributed by atoms with Gasteiger partial charge < -0.3 is 0 Å². The van der Waals surface area contributed by atoms with Crippen LogP contribution >= 0.6 is 23.5 Å². The lowest BCUT2D eigenvalue weighted by Crippen LogP contribution is -2.48. The molecule has 0 unspecified atom stereocenters. The predicted molar refractivity (Wildman–Crippen MR) is 169 cm³/mol. The Morgan fingerprint density at radius 3 is 1.05 bits per heavy atom. The van der Waals surface area contributed by atoms with Gasteiger partial charge >= 0.3 is 0 Å². The molecule has 0 atom stereocenters. The van der Waals surface area contributed by atoms with Gasteiger partial charge in [0.1, 0.15) is 0 Å². The SMILES string of the molecule is CCCCC1(C)SC2(C=C(C(C)(C)C)C(=O)C(C(C)(C)C)=C2)C2(C=C(C(C)(C)C)C(=O)C(C(C)(C)C)=C2)S1. The molecule has 2 spiro atoms. The van der Waals surface area contributed by atoms with Crippen molar-refractivity contribution in [2.24, 2.45) is 21.7 Å². The molecule has 0 bridgehead atoms. The minimum Gasteiger partial charge on any atom is -0.289 e. The quantitative estimate of drug-likeness (QED) is 0.346. The first kappa shape index (κ1) is 31.5. The van der Waals surface area contributed by atoms with E-state index in [-0.39, 0.29) is 37.3 Å². The molecular formula is C34H52O2S2. The van der Waals surface area contributed by atoms with E-state index in [4.69, 9.17) is 0 Å². The Balaban J connectivity index is 2.52. The second kappa shape index (κ2) is 9.54. The lowest BCUT2D eigenvalue weighted by Gasteiger charge is -2.46. The number of rotatable bonds is 3. The smallest absolute Gasteiger partial charge is 0.185 e. The van der Waals surface area contributed by atoms with Crippen molar-refractivity contribution in [3.8, 4) is 0 Å². The zero-order chi connectivity index (χ0) is 29.3. The van der Waals surface area contributed by atoms with Gasteiger partial charge in [-0.05, 0) is 35.0 Å². The molecule has 1 fully saturated rings. The van der Waals surface area contributed by atoms with E-state index < -0.39 is 9.49 Å². The normalized spacial score (nSPS) is 23.4. The number of hydrogen-bond donors (Lipinski definition) is 0. The zero-order valence-corrected chi connectivity index (χ0v) is 28.2. The van der Waals surface area contributed by atoms with Crippen LogP contribution in [0.15, 0.2) is 46.6 Å². The maximum atomic E-state index is 14.0. The molecule has 3 aliphatic rings. The first-order chi connectivity index (χ1) is 16.9. The number of allylic oxidation sites excluding steroid dienone is 4. The van der Waals surface area contributed by atoms with Gasteiger partial charge in [-0.1, -0.05) is 127 Å². The molecule has 1 heterocycles. The zero-order valence-electron chi connectivity index (χ0n) is 26.6. The van der Waals surface area contributed by atoms with Crippen LogP contribution in [0.4, 0.5) is 0 Å². The van der Waals surface area contributed by atoms with E-state index in [1.165, 1.54) is 0 Å². The summed E-state index contributed by atoms with van der Waals surface area (Å²) in [5, 5.41) is 0. The minimum atomic E-state index is -0.479. The van der Waals surface area contributed by atoms with Gasteiger partial charge in [-0.15, -0.1) is 23.5 Å². The molecular weight excluding hydrogens is 505 g/mol. The van der Waals surface area contributed by atoms with E-state index in [1.807, 2.05) is 23.5 Å². The van der Waals surface area contributed by atoms with E-state index in [2.05, 4.69) is 121 Å². The summed E-state index contributed by atoms with van der Waals surface area (Å²) in [7, 11) is 0. The van der Waals surface area contributed by atoms with Crippen LogP contribution in [0, 0.1) is 21.7 Å². The highest BCUT2D eigenvalue weighted by molar-refractivity contribution is 8.23. The summed E-state index contributed by atoms with van der Waals surface area (Å²) >= 11 is 4.01. The second-order valence-corrected chi connectivity index (χ2v) is 19.7. The highest BCUT2D eigenvalue weighted by Crippen LogP contribution is 2.71. The fraction of sp³-hybridized carbons (Fsp3) is 0.706. The van der Waals surface area contributed by atoms with Crippen LogP contribution in [0.5, 0.6) is 0 Å². The number of fused-ring (bicyclic) bond motifs is 1. The standard InChI is InChI=1S/C34H52O2S2/c1-15-16-17-32(14)37-33(18-22(28(2,3)4)26(35)23(19-33)29(5,6)7)34(38-32)20-24(30(8,9)10)27(36)25(21-34)31(11,12)13/h18-21H,15-17H2,1-14H3. The van der Waals surface area contributed by atoms with Gasteiger partial charge in [0.15, 0.2) is 11.6 Å². The van der Waals surface area contributed by atoms with Crippen molar-refractivity contribution in [1.29, 1.82) is 0 Å². The first-order valence-electron chi connectivity index (χ1n) is 14.3. The molecule has 2 nitrogen and oxygen atoms in total. The molecule has 2 aliphatic carbocycles. The van der Waals surface area contributed by atoms with Gasteiger partial charge in [-0.3, -0.25) is 9.59 Å². The van der Waals surface area contributed by atoms with Crippen LogP contribution in [-0.4, -0.2) is 25.1 Å². The van der Waals surface area contributed by atoms with Crippen molar-refractivity contribution < 1.29 is 9.59 Å². The average molecular weight is 557 g/mol. The number of ketones is 2. The number of hydrogen-bond acceptors (Lipinski definition) is 4. The monoisotopic (exact) mass is 556 g/mol. The lowest BCUT2D eigenvalue weighted by molar-refractivity contribution is -0.115. The molecule has 0 radical (unpaired) electrons. The van der Waals surface area contributed by atoms with Crippen LogP contribution in [0.1, 0.15) is 116 Å². The number of thioether (sulfide) groups is 2. The molecule has 0 N–H and O–H groups in total. The van der Waals surface area contributed by atoms with Gasteiger partial charge in [-0.25, -0.2) is 0 Å². The molecule has 3 rings (SSSR count). The van der Waals surface area contributed by atoms with Crippen molar-refractivity contribution in [3.63, 3.8) is 0 Å². The Bertz CT molecular complexity index is 979. The molecule has 0 saturated carbocycles. The van der Waals surface area contributed by atoms with Gasteiger partial charge in [0.05, 0.1) is 13.6 Å². The third kappa shape index (κ3) is 5.60. The van der Waals surface area contributed by atoms with Crippen LogP contribution in [-0.2, 0) is 9.59 Å². The van der Waals surface area contributed by atoms with Crippen LogP contribution < -0.4 is 0 Å². The number of unbranched alkanes of at least 4 members (excludes halogenated alkanes) is 1. The van der Waals surface area contributed by atoms with Crippen molar-refractivity contribution in [3.05, 3.63) is 46.6 Å². The van der Waals surface area contributed by atoms with Crippen molar-refractivity contribution in [1.82, 2.24) is 0 Å². The largest absolute Gasteiger partial charge is 0.289 e. The molecule has 38 heavy (non-hydrogen) atoms. The van der Waals surface area contributed by atoms with E-state index in [0.29, 0.717) is 0 Å². The van der Waals surface area contributed by atoms with Gasteiger partial charge in [0.25, 0.3) is 0 Å². The maximum Gasteiger partial charge on any atom is 0.185 e. The molecule has 0 amide bonds. The summed E-state index contributed by atoms with van der Waals surface area (Å²) in [4.78, 5) is 28.1. The van der Waals surface area contributed by atoms with Gasteiger partial charge in [-0.2, -0.15) is 0 Å². The molecule has 0 aromatic heterocycles. The topological polar surface area (TPSA) is 34.1 Å². The fourth-order valence-corrected chi connectivity index (χ4v) is 10.2. The maximum absolute atomic E-state index is 14.0. The Morgan fingerprint density at radius 2 is 0.842 bits per heavy atom. The number of carbonyl (C=O) groups is 2. The summed E-state index contributed by atoms with van der Waals surface area (Å²) in [5.74, 6) is 0.343. The summed E-state index contributed by atoms with van der Waals surface area (Å²) in [6, 6.07) is 0. The Labute approximate surface area is 242 Å². The number of carbonyl (C=O) groups excluding carboxylic acids is 2. The third-order valence-electron chi connectivity index (χ3n) is 8.01. The van der Waals surface area contributed by atoms with Crippen molar-refractivity contribution in [2.45, 2.75) is 130 Å². The molecule has 4 heteroatoms. The average Bonchev–Trinajstić information content (AvgIpc) is 2.94. The highest BCUT2D eigenvalue weighted by Gasteiger charge is 2.63. The second-order valence-electron chi connectivity index (χ2n) is 15.9. The first-order valence-corrected chi connectivity index (χ1v) is 16.0.